The van der Waals surface area contributed by atoms with Crippen LogP contribution in [-0.4, -0.2) is 21.1 Å². The third-order valence-electron chi connectivity index (χ3n) is 4.38. The Hall–Kier alpha value is -1.89. The number of benzene rings is 2. The maximum Gasteiger partial charge on any atom is 0.238 e. The Morgan fingerprint density at radius 1 is 1.29 bits per heavy atom. The summed E-state index contributed by atoms with van der Waals surface area (Å²) in [6.07, 6.45) is 0.972. The quantitative estimate of drug-likeness (QED) is 0.870. The van der Waals surface area contributed by atoms with Crippen LogP contribution >= 0.6 is 0 Å². The second-order valence-corrected chi connectivity index (χ2v) is 7.78. The van der Waals surface area contributed by atoms with E-state index in [1.54, 1.807) is 19.1 Å². The van der Waals surface area contributed by atoms with Gasteiger partial charge in [0, 0.05) is 19.0 Å². The highest BCUT2D eigenvalue weighted by molar-refractivity contribution is 7.89. The first kappa shape index (κ1) is 17.0. The van der Waals surface area contributed by atoms with Crippen molar-refractivity contribution < 1.29 is 13.2 Å². The Bertz CT molecular complexity index is 824. The molecule has 3 rings (SSSR count). The first-order valence-electron chi connectivity index (χ1n) is 7.96. The molecule has 2 aromatic rings. The SMILES string of the molecule is Cc1ccc([C@@H](C)NC[C@@H]2Cc3ccccc3O2)cc1S(N)(=O)=O. The van der Waals surface area contributed by atoms with Gasteiger partial charge >= 0.3 is 0 Å². The Balaban J connectivity index is 1.65. The van der Waals surface area contributed by atoms with Gasteiger partial charge in [-0.3, -0.25) is 0 Å². The van der Waals surface area contributed by atoms with Gasteiger partial charge in [-0.05, 0) is 42.7 Å². The lowest BCUT2D eigenvalue weighted by Crippen LogP contribution is -2.32. The van der Waals surface area contributed by atoms with Crippen LogP contribution in [-0.2, 0) is 16.4 Å². The predicted octanol–water partition coefficient (Wildman–Crippen LogP) is 2.30. The zero-order valence-corrected chi connectivity index (χ0v) is 14.6. The number of nitrogens with two attached hydrogens (primary N) is 1. The molecular weight excluding hydrogens is 324 g/mol. The number of rotatable bonds is 5. The zero-order chi connectivity index (χ0) is 17.3. The number of para-hydroxylation sites is 1. The van der Waals surface area contributed by atoms with Gasteiger partial charge in [-0.1, -0.05) is 30.3 Å². The zero-order valence-electron chi connectivity index (χ0n) is 13.8. The molecule has 0 spiro atoms. The largest absolute Gasteiger partial charge is 0.488 e. The van der Waals surface area contributed by atoms with Gasteiger partial charge in [0.15, 0.2) is 0 Å². The first-order valence-corrected chi connectivity index (χ1v) is 9.50. The van der Waals surface area contributed by atoms with Crippen molar-refractivity contribution in [2.45, 2.75) is 37.3 Å². The molecule has 0 fully saturated rings. The van der Waals surface area contributed by atoms with Crippen molar-refractivity contribution in [1.29, 1.82) is 0 Å². The summed E-state index contributed by atoms with van der Waals surface area (Å²) in [4.78, 5) is 0.179. The number of ether oxygens (including phenoxy) is 1. The summed E-state index contributed by atoms with van der Waals surface area (Å²) in [6.45, 7) is 4.43. The van der Waals surface area contributed by atoms with Gasteiger partial charge in [0.05, 0.1) is 4.90 Å². The van der Waals surface area contributed by atoms with Crippen molar-refractivity contribution in [2.75, 3.05) is 6.54 Å². The first-order chi connectivity index (χ1) is 11.3. The molecule has 24 heavy (non-hydrogen) atoms. The molecule has 6 heteroatoms. The summed E-state index contributed by atoms with van der Waals surface area (Å²) >= 11 is 0. The number of fused-ring (bicyclic) bond motifs is 1. The molecule has 3 N–H and O–H groups in total. The highest BCUT2D eigenvalue weighted by Crippen LogP contribution is 2.28. The van der Waals surface area contributed by atoms with Gasteiger partial charge < -0.3 is 10.1 Å². The number of nitrogens with one attached hydrogen (secondary N) is 1. The van der Waals surface area contributed by atoms with E-state index in [2.05, 4.69) is 11.4 Å². The van der Waals surface area contributed by atoms with Crippen molar-refractivity contribution >= 4 is 10.0 Å². The van der Waals surface area contributed by atoms with Crippen molar-refractivity contribution in [2.24, 2.45) is 5.14 Å². The molecule has 1 aliphatic rings. The molecule has 2 aromatic carbocycles. The summed E-state index contributed by atoms with van der Waals surface area (Å²) in [5.41, 5.74) is 2.77. The molecule has 0 bridgehead atoms. The molecule has 2 atom stereocenters. The molecule has 0 unspecified atom stereocenters. The lowest BCUT2D eigenvalue weighted by Gasteiger charge is -2.18. The number of hydrogen-bond donors (Lipinski definition) is 2. The smallest absolute Gasteiger partial charge is 0.238 e. The molecule has 1 aliphatic heterocycles. The van der Waals surface area contributed by atoms with Crippen molar-refractivity contribution in [1.82, 2.24) is 5.32 Å². The monoisotopic (exact) mass is 346 g/mol. The second kappa shape index (κ2) is 6.55. The van der Waals surface area contributed by atoms with Gasteiger partial charge in [0.1, 0.15) is 11.9 Å². The van der Waals surface area contributed by atoms with E-state index >= 15 is 0 Å². The van der Waals surface area contributed by atoms with E-state index in [1.165, 1.54) is 5.56 Å². The Labute approximate surface area is 142 Å². The van der Waals surface area contributed by atoms with E-state index < -0.39 is 10.0 Å². The van der Waals surface area contributed by atoms with Crippen molar-refractivity contribution in [3.05, 3.63) is 59.2 Å². The molecule has 0 amide bonds. The maximum absolute atomic E-state index is 11.7. The average Bonchev–Trinajstić information content (AvgIpc) is 2.94. The lowest BCUT2D eigenvalue weighted by molar-refractivity contribution is 0.222. The van der Waals surface area contributed by atoms with Gasteiger partial charge in [-0.2, -0.15) is 0 Å². The number of aryl methyl sites for hydroxylation is 1. The average molecular weight is 346 g/mol. The van der Waals surface area contributed by atoms with Gasteiger partial charge in [0.2, 0.25) is 10.0 Å². The molecule has 0 radical (unpaired) electrons. The van der Waals surface area contributed by atoms with Crippen LogP contribution in [0.25, 0.3) is 0 Å². The molecule has 0 aliphatic carbocycles. The van der Waals surface area contributed by atoms with Crippen LogP contribution in [0.2, 0.25) is 0 Å². The molecule has 0 saturated carbocycles. The second-order valence-electron chi connectivity index (χ2n) is 6.25. The maximum atomic E-state index is 11.7. The van der Waals surface area contributed by atoms with E-state index in [-0.39, 0.29) is 17.0 Å². The van der Waals surface area contributed by atoms with Gasteiger partial charge in [-0.25, -0.2) is 13.6 Å². The normalized spacial score (nSPS) is 18.0. The Morgan fingerprint density at radius 3 is 2.75 bits per heavy atom. The molecule has 0 aromatic heterocycles. The van der Waals surface area contributed by atoms with E-state index in [4.69, 9.17) is 9.88 Å². The lowest BCUT2D eigenvalue weighted by atomic mass is 10.1. The fraction of sp³-hybridized carbons (Fsp3) is 0.333. The van der Waals surface area contributed by atoms with Crippen molar-refractivity contribution in [3.63, 3.8) is 0 Å². The van der Waals surface area contributed by atoms with Crippen LogP contribution in [0.5, 0.6) is 5.75 Å². The minimum Gasteiger partial charge on any atom is -0.488 e. The Kier molecular flexibility index (Phi) is 4.62. The third-order valence-corrected chi connectivity index (χ3v) is 5.44. The topological polar surface area (TPSA) is 81.4 Å². The molecule has 1 heterocycles. The Morgan fingerprint density at radius 2 is 2.04 bits per heavy atom. The van der Waals surface area contributed by atoms with Crippen LogP contribution in [0.4, 0.5) is 0 Å². The fourth-order valence-electron chi connectivity index (χ4n) is 2.99. The van der Waals surface area contributed by atoms with E-state index in [0.29, 0.717) is 12.1 Å². The molecule has 0 saturated heterocycles. The summed E-state index contributed by atoms with van der Waals surface area (Å²) in [6, 6.07) is 13.4. The predicted molar refractivity (Wildman–Crippen MR) is 93.5 cm³/mol. The minimum atomic E-state index is -3.71. The summed E-state index contributed by atoms with van der Waals surface area (Å²) < 4.78 is 29.2. The fourth-order valence-corrected chi connectivity index (χ4v) is 3.80. The summed E-state index contributed by atoms with van der Waals surface area (Å²) in [7, 11) is -3.71. The van der Waals surface area contributed by atoms with Gasteiger partial charge in [-0.15, -0.1) is 0 Å². The highest BCUT2D eigenvalue weighted by atomic mass is 32.2. The molecule has 5 nitrogen and oxygen atoms in total. The summed E-state index contributed by atoms with van der Waals surface area (Å²) in [5, 5.41) is 8.69. The third kappa shape index (κ3) is 3.61. The van der Waals surface area contributed by atoms with E-state index in [1.807, 2.05) is 31.2 Å². The van der Waals surface area contributed by atoms with Crippen LogP contribution in [0.1, 0.15) is 29.7 Å². The highest BCUT2D eigenvalue weighted by Gasteiger charge is 2.23. The van der Waals surface area contributed by atoms with Crippen LogP contribution < -0.4 is 15.2 Å². The minimum absolute atomic E-state index is 0.00147. The van der Waals surface area contributed by atoms with Crippen LogP contribution in [0.15, 0.2) is 47.4 Å². The standard InChI is InChI=1S/C18H22N2O3S/c1-12-7-8-14(10-18(12)24(19,21)22)13(2)20-11-16-9-15-5-3-4-6-17(15)23-16/h3-8,10,13,16,20H,9,11H2,1-2H3,(H2,19,21,22)/t13-,16+/m1/s1. The molecule has 128 valence electrons. The van der Waals surface area contributed by atoms with Crippen molar-refractivity contribution in [3.8, 4) is 5.75 Å². The molecular formula is C18H22N2O3S. The summed E-state index contributed by atoms with van der Waals surface area (Å²) in [5.74, 6) is 0.948. The van der Waals surface area contributed by atoms with E-state index in [9.17, 15) is 8.42 Å². The van der Waals surface area contributed by atoms with Crippen LogP contribution in [0.3, 0.4) is 0 Å². The number of sulfonamides is 1. The van der Waals surface area contributed by atoms with Gasteiger partial charge in [0.25, 0.3) is 0 Å². The number of hydrogen-bond acceptors (Lipinski definition) is 4. The van der Waals surface area contributed by atoms with E-state index in [0.717, 1.165) is 17.7 Å². The van der Waals surface area contributed by atoms with Crippen LogP contribution in [0, 0.1) is 6.92 Å². The number of primary sulfonamides is 1.